The van der Waals surface area contributed by atoms with Crippen molar-refractivity contribution in [2.45, 2.75) is 13.3 Å². The molecule has 1 amide bonds. The van der Waals surface area contributed by atoms with E-state index in [2.05, 4.69) is 26.7 Å². The molecular weight excluding hydrogens is 344 g/mol. The van der Waals surface area contributed by atoms with Crippen LogP contribution < -0.4 is 10.6 Å². The number of hydrogen-bond acceptors (Lipinski definition) is 7. The lowest BCUT2D eigenvalue weighted by Crippen LogP contribution is -2.42. The Hall–Kier alpha value is -3.18. The van der Waals surface area contributed by atoms with E-state index >= 15 is 0 Å². The number of nitrogens with one attached hydrogen (secondary N) is 2. The first-order valence-electron chi connectivity index (χ1n) is 8.86. The first-order valence-corrected chi connectivity index (χ1v) is 8.86. The fraction of sp³-hybridized carbons (Fsp3) is 0.368. The molecule has 1 aromatic heterocycles. The second-order valence-electron chi connectivity index (χ2n) is 6.20. The fourth-order valence-electron chi connectivity index (χ4n) is 2.83. The molecule has 0 aromatic carbocycles. The van der Waals surface area contributed by atoms with Gasteiger partial charge in [0.15, 0.2) is 0 Å². The molecule has 0 aliphatic carbocycles. The number of amides is 1. The Morgan fingerprint density at radius 3 is 3.11 bits per heavy atom. The summed E-state index contributed by atoms with van der Waals surface area (Å²) < 4.78 is 5.12. The molecule has 8 heteroatoms. The Kier molecular flexibility index (Phi) is 6.18. The molecule has 2 aliphatic rings. The van der Waals surface area contributed by atoms with Gasteiger partial charge in [0.1, 0.15) is 18.2 Å². The molecule has 0 spiro atoms. The van der Waals surface area contributed by atoms with Gasteiger partial charge in [0.2, 0.25) is 11.9 Å². The van der Waals surface area contributed by atoms with Crippen molar-refractivity contribution in [1.29, 1.82) is 5.26 Å². The van der Waals surface area contributed by atoms with Crippen molar-refractivity contribution in [3.8, 4) is 6.07 Å². The van der Waals surface area contributed by atoms with Crippen LogP contribution in [-0.4, -0.2) is 53.6 Å². The molecule has 0 bridgehead atoms. The standard InChI is InChI=1S/C19H22N6O2/c1-14-12-23-19(22-7-4-8-25-9-10-27-13-17(25)26)24-18(14)15(11-20)16-5-2-3-6-21-16/h2-3,5-6,12,21H,4,7-10,13H2,1H3,(H,22,23,24)/b16-15-. The van der Waals surface area contributed by atoms with Crippen molar-refractivity contribution >= 4 is 17.4 Å². The normalized spacial score (nSPS) is 18.1. The number of dihydropyridines is 1. The van der Waals surface area contributed by atoms with Gasteiger partial charge >= 0.3 is 0 Å². The minimum atomic E-state index is 0.0301. The van der Waals surface area contributed by atoms with Crippen LogP contribution in [0.15, 0.2) is 36.3 Å². The van der Waals surface area contributed by atoms with Crippen LogP contribution in [0.25, 0.3) is 5.57 Å². The monoisotopic (exact) mass is 366 g/mol. The molecule has 0 unspecified atom stereocenters. The van der Waals surface area contributed by atoms with Crippen molar-refractivity contribution in [3.05, 3.63) is 47.6 Å². The average molecular weight is 366 g/mol. The van der Waals surface area contributed by atoms with Crippen molar-refractivity contribution in [1.82, 2.24) is 20.2 Å². The second-order valence-corrected chi connectivity index (χ2v) is 6.20. The Bertz CT molecular complexity index is 837. The molecular formula is C19H22N6O2. The number of anilines is 1. The zero-order valence-corrected chi connectivity index (χ0v) is 15.2. The molecule has 0 radical (unpaired) electrons. The van der Waals surface area contributed by atoms with E-state index in [0.29, 0.717) is 49.2 Å². The summed E-state index contributed by atoms with van der Waals surface area (Å²) in [4.78, 5) is 22.3. The number of allylic oxidation sites excluding steroid dienone is 4. The van der Waals surface area contributed by atoms with Crippen LogP contribution in [0.5, 0.6) is 0 Å². The molecule has 27 heavy (non-hydrogen) atoms. The maximum atomic E-state index is 11.7. The summed E-state index contributed by atoms with van der Waals surface area (Å²) in [5.74, 6) is 0.495. The zero-order chi connectivity index (χ0) is 19.1. The molecule has 3 heterocycles. The third-order valence-corrected chi connectivity index (χ3v) is 4.27. The van der Waals surface area contributed by atoms with Gasteiger partial charge < -0.3 is 20.3 Å². The molecule has 0 saturated carbocycles. The van der Waals surface area contributed by atoms with E-state index in [0.717, 1.165) is 12.0 Å². The molecule has 1 aromatic rings. The molecule has 8 nitrogen and oxygen atoms in total. The van der Waals surface area contributed by atoms with Crippen LogP contribution in [0.3, 0.4) is 0 Å². The minimum absolute atomic E-state index is 0.0301. The van der Waals surface area contributed by atoms with E-state index in [9.17, 15) is 10.1 Å². The fourth-order valence-corrected chi connectivity index (χ4v) is 2.83. The first-order chi connectivity index (χ1) is 13.2. The largest absolute Gasteiger partial charge is 0.370 e. The van der Waals surface area contributed by atoms with Crippen LogP contribution >= 0.6 is 0 Å². The Labute approximate surface area is 158 Å². The van der Waals surface area contributed by atoms with E-state index in [1.54, 1.807) is 17.3 Å². The van der Waals surface area contributed by atoms with Gasteiger partial charge in [0.25, 0.3) is 0 Å². The third-order valence-electron chi connectivity index (χ3n) is 4.27. The predicted molar refractivity (Wildman–Crippen MR) is 101 cm³/mol. The number of morpholine rings is 1. The van der Waals surface area contributed by atoms with E-state index in [1.165, 1.54) is 0 Å². The number of carbonyl (C=O) groups is 1. The number of rotatable bonds is 6. The lowest BCUT2D eigenvalue weighted by Gasteiger charge is -2.26. The van der Waals surface area contributed by atoms with Crippen LogP contribution in [0.4, 0.5) is 5.95 Å². The van der Waals surface area contributed by atoms with Crippen molar-refractivity contribution < 1.29 is 9.53 Å². The summed E-state index contributed by atoms with van der Waals surface area (Å²) >= 11 is 0. The van der Waals surface area contributed by atoms with Gasteiger partial charge in [0.05, 0.1) is 18.0 Å². The molecule has 1 fully saturated rings. The minimum Gasteiger partial charge on any atom is -0.370 e. The van der Waals surface area contributed by atoms with E-state index < -0.39 is 0 Å². The number of ether oxygens (including phenoxy) is 1. The average Bonchev–Trinajstić information content (AvgIpc) is 2.70. The number of nitrogens with zero attached hydrogens (tertiary/aromatic N) is 4. The Morgan fingerprint density at radius 2 is 2.37 bits per heavy atom. The molecule has 0 atom stereocenters. The topological polar surface area (TPSA) is 103 Å². The maximum absolute atomic E-state index is 11.7. The smallest absolute Gasteiger partial charge is 0.248 e. The van der Waals surface area contributed by atoms with Gasteiger partial charge in [0, 0.05) is 32.0 Å². The molecule has 2 aliphatic heterocycles. The van der Waals surface area contributed by atoms with Gasteiger partial charge in [-0.05, 0) is 31.1 Å². The van der Waals surface area contributed by atoms with E-state index in [4.69, 9.17) is 4.74 Å². The maximum Gasteiger partial charge on any atom is 0.248 e. The van der Waals surface area contributed by atoms with Gasteiger partial charge in [-0.25, -0.2) is 9.97 Å². The SMILES string of the molecule is Cc1cnc(NCCCN2CCOCC2=O)nc1/C(C#N)=C1/C=CC=CN1. The lowest BCUT2D eigenvalue weighted by molar-refractivity contribution is -0.142. The number of nitriles is 1. The van der Waals surface area contributed by atoms with Gasteiger partial charge in [-0.15, -0.1) is 0 Å². The summed E-state index contributed by atoms with van der Waals surface area (Å²) in [6.45, 7) is 4.57. The van der Waals surface area contributed by atoms with Crippen molar-refractivity contribution in [2.75, 3.05) is 38.2 Å². The molecule has 1 saturated heterocycles. The van der Waals surface area contributed by atoms with Crippen LogP contribution in [0.1, 0.15) is 17.7 Å². The highest BCUT2D eigenvalue weighted by Crippen LogP contribution is 2.21. The summed E-state index contributed by atoms with van der Waals surface area (Å²) in [5, 5.41) is 15.8. The highest BCUT2D eigenvalue weighted by atomic mass is 16.5. The number of aromatic nitrogens is 2. The molecule has 3 rings (SSSR count). The van der Waals surface area contributed by atoms with Crippen LogP contribution in [-0.2, 0) is 9.53 Å². The van der Waals surface area contributed by atoms with Crippen molar-refractivity contribution in [3.63, 3.8) is 0 Å². The number of carbonyl (C=O) groups excluding carboxylic acids is 1. The summed E-state index contributed by atoms with van der Waals surface area (Å²) in [6, 6.07) is 2.23. The number of aryl methyl sites for hydroxylation is 1. The molecule has 2 N–H and O–H groups in total. The first kappa shape index (κ1) is 18.6. The van der Waals surface area contributed by atoms with Gasteiger partial charge in [-0.3, -0.25) is 4.79 Å². The van der Waals surface area contributed by atoms with Gasteiger partial charge in [-0.1, -0.05) is 6.08 Å². The van der Waals surface area contributed by atoms with Crippen LogP contribution in [0, 0.1) is 18.3 Å². The van der Waals surface area contributed by atoms with E-state index in [-0.39, 0.29) is 12.5 Å². The highest BCUT2D eigenvalue weighted by molar-refractivity contribution is 5.81. The summed E-state index contributed by atoms with van der Waals surface area (Å²) in [6.07, 6.45) is 9.82. The zero-order valence-electron chi connectivity index (χ0n) is 15.2. The quantitative estimate of drug-likeness (QED) is 0.579. The van der Waals surface area contributed by atoms with Crippen molar-refractivity contribution in [2.24, 2.45) is 0 Å². The Balaban J connectivity index is 1.63. The van der Waals surface area contributed by atoms with Crippen LogP contribution in [0.2, 0.25) is 0 Å². The number of hydrogen-bond donors (Lipinski definition) is 2. The van der Waals surface area contributed by atoms with Gasteiger partial charge in [-0.2, -0.15) is 5.26 Å². The second kappa shape index (κ2) is 8.96. The lowest BCUT2D eigenvalue weighted by atomic mass is 10.1. The summed E-state index contributed by atoms with van der Waals surface area (Å²) in [7, 11) is 0. The Morgan fingerprint density at radius 1 is 1.48 bits per heavy atom. The summed E-state index contributed by atoms with van der Waals surface area (Å²) in [5.41, 5.74) is 2.60. The molecule has 140 valence electrons. The third kappa shape index (κ3) is 4.71. The van der Waals surface area contributed by atoms with E-state index in [1.807, 2.05) is 25.2 Å². The highest BCUT2D eigenvalue weighted by Gasteiger charge is 2.18. The predicted octanol–water partition coefficient (Wildman–Crippen LogP) is 1.35.